The highest BCUT2D eigenvalue weighted by atomic mass is 32.2. The molecule has 1 aromatic rings. The van der Waals surface area contributed by atoms with Gasteiger partial charge in [-0.05, 0) is 25.3 Å². The van der Waals surface area contributed by atoms with Crippen LogP contribution >= 0.6 is 0 Å². The molecule has 0 bridgehead atoms. The van der Waals surface area contributed by atoms with Gasteiger partial charge in [0.1, 0.15) is 0 Å². The van der Waals surface area contributed by atoms with Gasteiger partial charge in [-0.25, -0.2) is 8.42 Å². The van der Waals surface area contributed by atoms with Gasteiger partial charge in [0.2, 0.25) is 10.0 Å². The first-order valence-electron chi connectivity index (χ1n) is 6.80. The fraction of sp³-hybridized carbons (Fsp3) is 0.429. The van der Waals surface area contributed by atoms with Crippen LogP contribution in [0.5, 0.6) is 0 Å². The summed E-state index contributed by atoms with van der Waals surface area (Å²) < 4.78 is 26.7. The molecule has 2 atom stereocenters. The second kappa shape index (κ2) is 6.15. The maximum absolute atomic E-state index is 12.8. The van der Waals surface area contributed by atoms with Crippen LogP contribution in [0.25, 0.3) is 0 Å². The fourth-order valence-corrected chi connectivity index (χ4v) is 4.49. The number of benzene rings is 1. The summed E-state index contributed by atoms with van der Waals surface area (Å²) in [6.45, 7) is 5.48. The van der Waals surface area contributed by atoms with E-state index in [0.29, 0.717) is 6.42 Å². The van der Waals surface area contributed by atoms with Gasteiger partial charge in [-0.1, -0.05) is 24.3 Å². The summed E-state index contributed by atoms with van der Waals surface area (Å²) in [4.78, 5) is 10.0. The number of nitro groups is 1. The SMILES string of the molecule is C=C(C)[C@@H]1C[C@@H](CO)N(S(=O)(=O)c2ccccc2[N+](=O)[O-])C1. The van der Waals surface area contributed by atoms with E-state index in [1.165, 1.54) is 18.2 Å². The summed E-state index contributed by atoms with van der Waals surface area (Å²) in [5.41, 5.74) is 0.372. The van der Waals surface area contributed by atoms with Crippen molar-refractivity contribution in [3.63, 3.8) is 0 Å². The van der Waals surface area contributed by atoms with E-state index in [4.69, 9.17) is 0 Å². The lowest BCUT2D eigenvalue weighted by atomic mass is 9.99. The van der Waals surface area contributed by atoms with Crippen LogP contribution in [0.4, 0.5) is 5.69 Å². The standard InChI is InChI=1S/C14H18N2O5S/c1-10(2)11-7-12(9-17)15(8-11)22(20,21)14-6-4-3-5-13(14)16(18)19/h3-6,11-12,17H,1,7-9H2,2H3/t11-,12+/m1/s1. The van der Waals surface area contributed by atoms with E-state index < -0.39 is 26.7 Å². The number of nitrogens with zero attached hydrogens (tertiary/aromatic N) is 2. The van der Waals surface area contributed by atoms with E-state index in [-0.39, 0.29) is 24.0 Å². The molecule has 1 aliphatic rings. The zero-order valence-corrected chi connectivity index (χ0v) is 13.0. The van der Waals surface area contributed by atoms with Crippen molar-refractivity contribution in [3.05, 3.63) is 46.5 Å². The van der Waals surface area contributed by atoms with Gasteiger partial charge in [0.05, 0.1) is 11.5 Å². The highest BCUT2D eigenvalue weighted by Crippen LogP contribution is 2.35. The first-order valence-corrected chi connectivity index (χ1v) is 8.24. The van der Waals surface area contributed by atoms with Crippen molar-refractivity contribution in [3.8, 4) is 0 Å². The monoisotopic (exact) mass is 326 g/mol. The Hall–Kier alpha value is -1.77. The average molecular weight is 326 g/mol. The summed E-state index contributed by atoms with van der Waals surface area (Å²) in [5, 5.41) is 20.5. The topological polar surface area (TPSA) is 101 Å². The van der Waals surface area contributed by atoms with Gasteiger partial charge < -0.3 is 5.11 Å². The third-order valence-electron chi connectivity index (χ3n) is 3.92. The molecule has 1 heterocycles. The molecule has 8 heteroatoms. The summed E-state index contributed by atoms with van der Waals surface area (Å²) in [7, 11) is -4.05. The molecule has 0 saturated carbocycles. The molecule has 1 fully saturated rings. The molecule has 2 rings (SSSR count). The van der Waals surface area contributed by atoms with Crippen molar-refractivity contribution in [2.45, 2.75) is 24.3 Å². The Morgan fingerprint density at radius 1 is 1.50 bits per heavy atom. The Bertz CT molecular complexity index is 701. The Labute approximate surface area is 129 Å². The van der Waals surface area contributed by atoms with Crippen molar-refractivity contribution in [2.75, 3.05) is 13.2 Å². The van der Waals surface area contributed by atoms with Crippen LogP contribution in [0, 0.1) is 16.0 Å². The minimum Gasteiger partial charge on any atom is -0.395 e. The minimum absolute atomic E-state index is 0.0605. The van der Waals surface area contributed by atoms with Gasteiger partial charge in [0.15, 0.2) is 4.90 Å². The normalized spacial score (nSPS) is 22.6. The lowest BCUT2D eigenvalue weighted by Crippen LogP contribution is -2.38. The van der Waals surface area contributed by atoms with Crippen molar-refractivity contribution in [1.29, 1.82) is 0 Å². The molecule has 7 nitrogen and oxygen atoms in total. The van der Waals surface area contributed by atoms with Crippen LogP contribution in [0.3, 0.4) is 0 Å². The second-order valence-corrected chi connectivity index (χ2v) is 7.27. The average Bonchev–Trinajstić information content (AvgIpc) is 2.92. The predicted molar refractivity (Wildman–Crippen MR) is 80.8 cm³/mol. The molecule has 0 amide bonds. The second-order valence-electron chi connectivity index (χ2n) is 5.41. The molecule has 1 aliphatic heterocycles. The maximum atomic E-state index is 12.8. The Morgan fingerprint density at radius 3 is 2.68 bits per heavy atom. The van der Waals surface area contributed by atoms with E-state index in [0.717, 1.165) is 15.9 Å². The summed E-state index contributed by atoms with van der Waals surface area (Å²) >= 11 is 0. The Balaban J connectivity index is 2.46. The summed E-state index contributed by atoms with van der Waals surface area (Å²) in [6.07, 6.45) is 0.464. The van der Waals surface area contributed by atoms with Crippen molar-refractivity contribution >= 4 is 15.7 Å². The van der Waals surface area contributed by atoms with Crippen LogP contribution in [0.15, 0.2) is 41.3 Å². The third kappa shape index (κ3) is 2.90. The minimum atomic E-state index is -4.05. The third-order valence-corrected chi connectivity index (χ3v) is 5.89. The van der Waals surface area contributed by atoms with Crippen molar-refractivity contribution < 1.29 is 18.4 Å². The number of para-hydroxylation sites is 1. The molecular formula is C14H18N2O5S. The van der Waals surface area contributed by atoms with Crippen molar-refractivity contribution in [1.82, 2.24) is 4.31 Å². The number of rotatable bonds is 5. The number of aliphatic hydroxyl groups is 1. The highest BCUT2D eigenvalue weighted by Gasteiger charge is 2.42. The number of sulfonamides is 1. The molecule has 0 aromatic heterocycles. The molecule has 1 aromatic carbocycles. The number of hydrogen-bond donors (Lipinski definition) is 1. The van der Waals surface area contributed by atoms with Gasteiger partial charge in [0.25, 0.3) is 5.69 Å². The molecular weight excluding hydrogens is 308 g/mol. The molecule has 0 unspecified atom stereocenters. The molecule has 22 heavy (non-hydrogen) atoms. The van der Waals surface area contributed by atoms with Crippen LogP contribution in [0.1, 0.15) is 13.3 Å². The predicted octanol–water partition coefficient (Wildman–Crippen LogP) is 1.54. The highest BCUT2D eigenvalue weighted by molar-refractivity contribution is 7.89. The quantitative estimate of drug-likeness (QED) is 0.502. The smallest absolute Gasteiger partial charge is 0.289 e. The molecule has 0 radical (unpaired) electrons. The number of hydrogen-bond acceptors (Lipinski definition) is 5. The molecule has 0 spiro atoms. The zero-order valence-electron chi connectivity index (χ0n) is 12.2. The van der Waals surface area contributed by atoms with E-state index in [1.807, 2.05) is 0 Å². The molecule has 1 N–H and O–H groups in total. The van der Waals surface area contributed by atoms with E-state index in [2.05, 4.69) is 6.58 Å². The van der Waals surface area contributed by atoms with Gasteiger partial charge in [-0.3, -0.25) is 10.1 Å². The lowest BCUT2D eigenvalue weighted by Gasteiger charge is -2.22. The first-order chi connectivity index (χ1) is 10.3. The fourth-order valence-electron chi connectivity index (χ4n) is 2.66. The van der Waals surface area contributed by atoms with Gasteiger partial charge in [0, 0.05) is 18.7 Å². The van der Waals surface area contributed by atoms with E-state index in [9.17, 15) is 23.6 Å². The van der Waals surface area contributed by atoms with E-state index in [1.54, 1.807) is 6.92 Å². The van der Waals surface area contributed by atoms with Gasteiger partial charge in [-0.15, -0.1) is 0 Å². The van der Waals surface area contributed by atoms with Crippen LogP contribution in [-0.2, 0) is 10.0 Å². The van der Waals surface area contributed by atoms with Crippen LogP contribution in [-0.4, -0.2) is 41.9 Å². The molecule has 1 saturated heterocycles. The number of nitro benzene ring substituents is 1. The summed E-state index contributed by atoms with van der Waals surface area (Å²) in [6, 6.07) is 4.65. The maximum Gasteiger partial charge on any atom is 0.289 e. The molecule has 0 aliphatic carbocycles. The molecule has 120 valence electrons. The summed E-state index contributed by atoms with van der Waals surface area (Å²) in [5.74, 6) is -0.0605. The first kappa shape index (κ1) is 16.6. The van der Waals surface area contributed by atoms with E-state index >= 15 is 0 Å². The lowest BCUT2D eigenvalue weighted by molar-refractivity contribution is -0.387. The Kier molecular flexibility index (Phi) is 4.64. The number of aliphatic hydroxyl groups excluding tert-OH is 1. The van der Waals surface area contributed by atoms with Gasteiger partial charge in [-0.2, -0.15) is 4.31 Å². The largest absolute Gasteiger partial charge is 0.395 e. The Morgan fingerprint density at radius 2 is 2.14 bits per heavy atom. The zero-order chi connectivity index (χ0) is 16.5. The van der Waals surface area contributed by atoms with Crippen LogP contribution < -0.4 is 0 Å². The van der Waals surface area contributed by atoms with Crippen molar-refractivity contribution in [2.24, 2.45) is 5.92 Å². The van der Waals surface area contributed by atoms with Crippen LogP contribution in [0.2, 0.25) is 0 Å². The van der Waals surface area contributed by atoms with Gasteiger partial charge >= 0.3 is 0 Å².